The van der Waals surface area contributed by atoms with Crippen molar-refractivity contribution in [2.45, 2.75) is 38.5 Å². The van der Waals surface area contributed by atoms with Crippen molar-refractivity contribution in [2.75, 3.05) is 5.32 Å². The number of hydrogen-bond donors (Lipinski definition) is 1. The number of thiazole rings is 1. The number of carbonyl (C=O) groups is 1. The van der Waals surface area contributed by atoms with Crippen LogP contribution in [0.25, 0.3) is 0 Å². The zero-order valence-electron chi connectivity index (χ0n) is 11.9. The summed E-state index contributed by atoms with van der Waals surface area (Å²) < 4.78 is 0. The maximum absolute atomic E-state index is 12.2. The van der Waals surface area contributed by atoms with Crippen LogP contribution in [-0.4, -0.2) is 15.9 Å². The molecule has 21 heavy (non-hydrogen) atoms. The minimum Gasteiger partial charge on any atom is -0.302 e. The maximum Gasteiger partial charge on any atom is 0.229 e. The van der Waals surface area contributed by atoms with Gasteiger partial charge in [0.05, 0.1) is 0 Å². The van der Waals surface area contributed by atoms with Gasteiger partial charge in [-0.3, -0.25) is 9.78 Å². The molecule has 110 valence electrons. The summed E-state index contributed by atoms with van der Waals surface area (Å²) in [5.41, 5.74) is 1.16. The lowest BCUT2D eigenvalue weighted by atomic mass is 9.89. The van der Waals surface area contributed by atoms with E-state index < -0.39 is 0 Å². The molecule has 1 aliphatic carbocycles. The van der Waals surface area contributed by atoms with Gasteiger partial charge in [0.2, 0.25) is 5.91 Å². The summed E-state index contributed by atoms with van der Waals surface area (Å²) >= 11 is 1.55. The molecule has 5 heteroatoms. The summed E-state index contributed by atoms with van der Waals surface area (Å²) in [5.74, 6) is 0.307. The van der Waals surface area contributed by atoms with E-state index in [1.54, 1.807) is 17.5 Å². The SMILES string of the molecule is O=C(Nc1ncc(Cc2cccnc2)s1)C1CCCCC1. The molecule has 0 spiro atoms. The van der Waals surface area contributed by atoms with Gasteiger partial charge in [0.25, 0.3) is 0 Å². The van der Waals surface area contributed by atoms with Gasteiger partial charge in [-0.1, -0.05) is 25.3 Å². The lowest BCUT2D eigenvalue weighted by Gasteiger charge is -2.19. The highest BCUT2D eigenvalue weighted by atomic mass is 32.1. The molecule has 0 unspecified atom stereocenters. The Morgan fingerprint density at radius 3 is 2.90 bits per heavy atom. The number of rotatable bonds is 4. The molecule has 0 atom stereocenters. The molecule has 0 bridgehead atoms. The third-order valence-electron chi connectivity index (χ3n) is 3.86. The second kappa shape index (κ2) is 6.80. The first-order valence-corrected chi connectivity index (χ1v) is 8.27. The smallest absolute Gasteiger partial charge is 0.229 e. The van der Waals surface area contributed by atoms with Crippen LogP contribution in [0.3, 0.4) is 0 Å². The standard InChI is InChI=1S/C16H19N3OS/c20-15(13-6-2-1-3-7-13)19-16-18-11-14(21-16)9-12-5-4-8-17-10-12/h4-5,8,10-11,13H,1-3,6-7,9H2,(H,18,19,20). The quantitative estimate of drug-likeness (QED) is 0.938. The molecule has 0 saturated heterocycles. The van der Waals surface area contributed by atoms with Crippen molar-refractivity contribution in [1.82, 2.24) is 9.97 Å². The van der Waals surface area contributed by atoms with Crippen molar-refractivity contribution < 1.29 is 4.79 Å². The number of amides is 1. The molecule has 0 radical (unpaired) electrons. The molecule has 1 saturated carbocycles. The Bertz CT molecular complexity index is 591. The summed E-state index contributed by atoms with van der Waals surface area (Å²) in [6, 6.07) is 3.98. The van der Waals surface area contributed by atoms with Gasteiger partial charge in [0.15, 0.2) is 5.13 Å². The third-order valence-corrected chi connectivity index (χ3v) is 4.77. The predicted octanol–water partition coefficient (Wildman–Crippen LogP) is 3.65. The number of hydrogen-bond acceptors (Lipinski definition) is 4. The van der Waals surface area contributed by atoms with Gasteiger partial charge in [-0.05, 0) is 24.5 Å². The number of anilines is 1. The molecule has 0 aliphatic heterocycles. The summed E-state index contributed by atoms with van der Waals surface area (Å²) in [6.45, 7) is 0. The Morgan fingerprint density at radius 1 is 1.29 bits per heavy atom. The van der Waals surface area contributed by atoms with Gasteiger partial charge in [-0.2, -0.15) is 0 Å². The fourth-order valence-electron chi connectivity index (χ4n) is 2.72. The normalized spacial score (nSPS) is 15.8. The molecule has 2 aromatic rings. The fourth-order valence-corrected chi connectivity index (χ4v) is 3.57. The van der Waals surface area contributed by atoms with Crippen LogP contribution in [0.15, 0.2) is 30.7 Å². The second-order valence-electron chi connectivity index (χ2n) is 5.49. The largest absolute Gasteiger partial charge is 0.302 e. The first-order valence-electron chi connectivity index (χ1n) is 7.46. The van der Waals surface area contributed by atoms with E-state index in [2.05, 4.69) is 15.3 Å². The molecular formula is C16H19N3OS. The van der Waals surface area contributed by atoms with Gasteiger partial charge < -0.3 is 5.32 Å². The molecule has 0 aromatic carbocycles. The number of nitrogens with one attached hydrogen (secondary N) is 1. The van der Waals surface area contributed by atoms with Crippen molar-refractivity contribution in [2.24, 2.45) is 5.92 Å². The Kier molecular flexibility index (Phi) is 4.60. The van der Waals surface area contributed by atoms with E-state index in [1.807, 2.05) is 24.5 Å². The van der Waals surface area contributed by atoms with E-state index in [1.165, 1.54) is 19.3 Å². The summed E-state index contributed by atoms with van der Waals surface area (Å²) in [7, 11) is 0. The van der Waals surface area contributed by atoms with Crippen LogP contribution in [-0.2, 0) is 11.2 Å². The minimum atomic E-state index is 0.136. The predicted molar refractivity (Wildman–Crippen MR) is 84.4 cm³/mol. The van der Waals surface area contributed by atoms with E-state index in [0.29, 0.717) is 5.13 Å². The molecule has 4 nitrogen and oxygen atoms in total. The van der Waals surface area contributed by atoms with E-state index in [-0.39, 0.29) is 11.8 Å². The molecule has 1 amide bonds. The Balaban J connectivity index is 1.58. The zero-order valence-corrected chi connectivity index (χ0v) is 12.7. The molecule has 1 fully saturated rings. The highest BCUT2D eigenvalue weighted by molar-refractivity contribution is 7.15. The van der Waals surface area contributed by atoms with Crippen molar-refractivity contribution >= 4 is 22.4 Å². The van der Waals surface area contributed by atoms with Crippen LogP contribution in [0.5, 0.6) is 0 Å². The minimum absolute atomic E-state index is 0.136. The van der Waals surface area contributed by atoms with Crippen molar-refractivity contribution in [3.05, 3.63) is 41.2 Å². The molecule has 3 rings (SSSR count). The summed E-state index contributed by atoms with van der Waals surface area (Å²) in [6.07, 6.45) is 11.9. The van der Waals surface area contributed by atoms with Gasteiger partial charge in [-0.15, -0.1) is 11.3 Å². The van der Waals surface area contributed by atoms with Gasteiger partial charge in [0, 0.05) is 35.8 Å². The highest BCUT2D eigenvalue weighted by Gasteiger charge is 2.21. The van der Waals surface area contributed by atoms with Crippen LogP contribution < -0.4 is 5.32 Å². The average molecular weight is 301 g/mol. The molecule has 2 heterocycles. The monoisotopic (exact) mass is 301 g/mol. The first kappa shape index (κ1) is 14.2. The van der Waals surface area contributed by atoms with Crippen molar-refractivity contribution in [3.63, 3.8) is 0 Å². The lowest BCUT2D eigenvalue weighted by molar-refractivity contribution is -0.120. The van der Waals surface area contributed by atoms with Crippen molar-refractivity contribution in [3.8, 4) is 0 Å². The number of carbonyl (C=O) groups excluding carboxylic acids is 1. The van der Waals surface area contributed by atoms with Crippen molar-refractivity contribution in [1.29, 1.82) is 0 Å². The lowest BCUT2D eigenvalue weighted by Crippen LogP contribution is -2.24. The maximum atomic E-state index is 12.2. The van der Waals surface area contributed by atoms with Gasteiger partial charge in [0.1, 0.15) is 0 Å². The van der Waals surface area contributed by atoms with Crippen LogP contribution in [0.2, 0.25) is 0 Å². The van der Waals surface area contributed by atoms with Crippen LogP contribution >= 0.6 is 11.3 Å². The van der Waals surface area contributed by atoms with E-state index in [0.717, 1.165) is 29.7 Å². The number of pyridine rings is 1. The molecule has 2 aromatic heterocycles. The Morgan fingerprint density at radius 2 is 2.14 bits per heavy atom. The topological polar surface area (TPSA) is 54.9 Å². The molecule has 1 aliphatic rings. The highest BCUT2D eigenvalue weighted by Crippen LogP contribution is 2.26. The van der Waals surface area contributed by atoms with Crippen LogP contribution in [0.1, 0.15) is 42.5 Å². The number of nitrogens with zero attached hydrogens (tertiary/aromatic N) is 2. The van der Waals surface area contributed by atoms with Crippen LogP contribution in [0, 0.1) is 5.92 Å². The fraction of sp³-hybridized carbons (Fsp3) is 0.438. The first-order chi connectivity index (χ1) is 10.3. The Labute approximate surface area is 128 Å². The molecule has 1 N–H and O–H groups in total. The third kappa shape index (κ3) is 3.88. The van der Waals surface area contributed by atoms with Gasteiger partial charge >= 0.3 is 0 Å². The van der Waals surface area contributed by atoms with Gasteiger partial charge in [-0.25, -0.2) is 4.98 Å². The van der Waals surface area contributed by atoms with E-state index in [9.17, 15) is 4.79 Å². The second-order valence-corrected chi connectivity index (χ2v) is 6.61. The van der Waals surface area contributed by atoms with E-state index in [4.69, 9.17) is 0 Å². The zero-order chi connectivity index (χ0) is 14.5. The van der Waals surface area contributed by atoms with E-state index >= 15 is 0 Å². The Hall–Kier alpha value is -1.75. The summed E-state index contributed by atoms with van der Waals surface area (Å²) in [4.78, 5) is 21.7. The number of aromatic nitrogens is 2. The molecular weight excluding hydrogens is 282 g/mol. The average Bonchev–Trinajstić information content (AvgIpc) is 2.96. The summed E-state index contributed by atoms with van der Waals surface area (Å²) in [5, 5.41) is 3.68. The van der Waals surface area contributed by atoms with Crippen LogP contribution in [0.4, 0.5) is 5.13 Å².